The van der Waals surface area contributed by atoms with Gasteiger partial charge in [-0.2, -0.15) is 0 Å². The Kier molecular flexibility index (Phi) is 4.24. The topological polar surface area (TPSA) is 34.1 Å². The summed E-state index contributed by atoms with van der Waals surface area (Å²) < 4.78 is 6.61. The van der Waals surface area contributed by atoms with E-state index in [1.165, 1.54) is 12.8 Å². The van der Waals surface area contributed by atoms with Crippen LogP contribution < -0.4 is 10.1 Å². The molecule has 0 saturated heterocycles. The van der Waals surface area contributed by atoms with Crippen molar-refractivity contribution in [3.05, 3.63) is 51.6 Å². The Morgan fingerprint density at radius 3 is 2.85 bits per heavy atom. The molecule has 1 heterocycles. The molecule has 0 atom stereocenters. The molecule has 104 valence electrons. The highest BCUT2D eigenvalue weighted by Gasteiger charge is 2.19. The molecule has 0 aliphatic heterocycles. The van der Waals surface area contributed by atoms with Crippen LogP contribution in [-0.4, -0.2) is 11.0 Å². The van der Waals surface area contributed by atoms with E-state index in [0.29, 0.717) is 22.7 Å². The molecule has 0 bridgehead atoms. The lowest BCUT2D eigenvalue weighted by atomic mass is 10.3. The minimum absolute atomic E-state index is 0.542. The van der Waals surface area contributed by atoms with Crippen LogP contribution >= 0.6 is 27.5 Å². The van der Waals surface area contributed by atoms with Gasteiger partial charge in [0, 0.05) is 29.3 Å². The lowest BCUT2D eigenvalue weighted by molar-refractivity contribution is 0.462. The van der Waals surface area contributed by atoms with E-state index >= 15 is 0 Å². The summed E-state index contributed by atoms with van der Waals surface area (Å²) in [4.78, 5) is 4.31. The van der Waals surface area contributed by atoms with Gasteiger partial charge in [0.05, 0.1) is 5.02 Å². The maximum Gasteiger partial charge on any atom is 0.219 e. The van der Waals surface area contributed by atoms with Crippen LogP contribution in [0, 0.1) is 0 Å². The number of nitrogens with one attached hydrogen (secondary N) is 1. The molecule has 1 aromatic heterocycles. The van der Waals surface area contributed by atoms with Crippen LogP contribution in [-0.2, 0) is 6.54 Å². The van der Waals surface area contributed by atoms with Crippen molar-refractivity contribution >= 4 is 27.5 Å². The first kappa shape index (κ1) is 13.9. The van der Waals surface area contributed by atoms with Crippen LogP contribution in [0.25, 0.3) is 0 Å². The van der Waals surface area contributed by atoms with Gasteiger partial charge < -0.3 is 10.1 Å². The third kappa shape index (κ3) is 3.72. The predicted octanol–water partition coefficient (Wildman–Crippen LogP) is 4.54. The van der Waals surface area contributed by atoms with Crippen molar-refractivity contribution in [3.63, 3.8) is 0 Å². The molecule has 0 radical (unpaired) electrons. The van der Waals surface area contributed by atoms with Gasteiger partial charge in [-0.25, -0.2) is 4.98 Å². The summed E-state index contributed by atoms with van der Waals surface area (Å²) in [5.74, 6) is 1.14. The molecule has 1 aliphatic carbocycles. The zero-order valence-electron chi connectivity index (χ0n) is 10.8. The van der Waals surface area contributed by atoms with Gasteiger partial charge in [-0.05, 0) is 36.6 Å². The normalized spacial score (nSPS) is 14.3. The second-order valence-corrected chi connectivity index (χ2v) is 6.16. The Morgan fingerprint density at radius 2 is 2.15 bits per heavy atom. The Morgan fingerprint density at radius 1 is 1.30 bits per heavy atom. The number of hydrogen-bond donors (Lipinski definition) is 1. The minimum atomic E-state index is 0.542. The fraction of sp³-hybridized carbons (Fsp3) is 0.267. The van der Waals surface area contributed by atoms with Crippen molar-refractivity contribution in [3.8, 4) is 11.6 Å². The lowest BCUT2D eigenvalue weighted by Gasteiger charge is -2.08. The SMILES string of the molecule is Clc1ccc(Br)cc1Oc1ccc(CNC2CC2)cn1. The van der Waals surface area contributed by atoms with E-state index < -0.39 is 0 Å². The van der Waals surface area contributed by atoms with Crippen molar-refractivity contribution in [2.75, 3.05) is 0 Å². The van der Waals surface area contributed by atoms with Crippen LogP contribution in [0.3, 0.4) is 0 Å². The zero-order valence-corrected chi connectivity index (χ0v) is 13.1. The summed E-state index contributed by atoms with van der Waals surface area (Å²) in [7, 11) is 0. The van der Waals surface area contributed by atoms with Gasteiger partial charge in [0.2, 0.25) is 5.88 Å². The molecular weight excluding hydrogens is 340 g/mol. The van der Waals surface area contributed by atoms with E-state index in [1.807, 2.05) is 30.5 Å². The van der Waals surface area contributed by atoms with Gasteiger partial charge in [0.1, 0.15) is 5.75 Å². The number of aromatic nitrogens is 1. The Hall–Kier alpha value is -1.10. The van der Waals surface area contributed by atoms with Crippen molar-refractivity contribution in [1.82, 2.24) is 10.3 Å². The van der Waals surface area contributed by atoms with Crippen LogP contribution in [0.2, 0.25) is 5.02 Å². The quantitative estimate of drug-likeness (QED) is 0.857. The highest BCUT2D eigenvalue weighted by atomic mass is 79.9. The zero-order chi connectivity index (χ0) is 13.9. The average Bonchev–Trinajstić information content (AvgIpc) is 3.26. The Balaban J connectivity index is 1.66. The minimum Gasteiger partial charge on any atom is -0.437 e. The van der Waals surface area contributed by atoms with Crippen molar-refractivity contribution in [2.45, 2.75) is 25.4 Å². The molecular formula is C15H14BrClN2O. The monoisotopic (exact) mass is 352 g/mol. The summed E-state index contributed by atoms with van der Waals surface area (Å²) in [6, 6.07) is 10.1. The maximum absolute atomic E-state index is 6.09. The smallest absolute Gasteiger partial charge is 0.219 e. The molecule has 1 N–H and O–H groups in total. The second kappa shape index (κ2) is 6.12. The molecule has 0 spiro atoms. The van der Waals surface area contributed by atoms with Gasteiger partial charge in [-0.15, -0.1) is 0 Å². The number of rotatable bonds is 5. The number of benzene rings is 1. The van der Waals surface area contributed by atoms with Crippen molar-refractivity contribution < 1.29 is 4.74 Å². The van der Waals surface area contributed by atoms with E-state index in [4.69, 9.17) is 16.3 Å². The number of pyridine rings is 1. The number of hydrogen-bond acceptors (Lipinski definition) is 3. The molecule has 1 aromatic carbocycles. The average molecular weight is 354 g/mol. The first-order chi connectivity index (χ1) is 9.70. The highest BCUT2D eigenvalue weighted by molar-refractivity contribution is 9.10. The summed E-state index contributed by atoms with van der Waals surface area (Å²) in [5, 5.41) is 4.01. The first-order valence-corrected chi connectivity index (χ1v) is 7.69. The first-order valence-electron chi connectivity index (χ1n) is 6.52. The molecule has 1 aliphatic rings. The van der Waals surface area contributed by atoms with Gasteiger partial charge in [0.25, 0.3) is 0 Å². The number of nitrogens with zero attached hydrogens (tertiary/aromatic N) is 1. The summed E-state index contributed by atoms with van der Waals surface area (Å²) in [6.07, 6.45) is 4.41. The van der Waals surface area contributed by atoms with E-state index in [0.717, 1.165) is 16.6 Å². The van der Waals surface area contributed by atoms with Crippen LogP contribution in [0.1, 0.15) is 18.4 Å². The fourth-order valence-electron chi connectivity index (χ4n) is 1.79. The Bertz CT molecular complexity index is 599. The molecule has 5 heteroatoms. The van der Waals surface area contributed by atoms with Gasteiger partial charge >= 0.3 is 0 Å². The predicted molar refractivity (Wildman–Crippen MR) is 83.3 cm³/mol. The molecule has 0 unspecified atom stereocenters. The molecule has 3 nitrogen and oxygen atoms in total. The van der Waals surface area contributed by atoms with Gasteiger partial charge in [-0.1, -0.05) is 33.6 Å². The lowest BCUT2D eigenvalue weighted by Crippen LogP contribution is -2.15. The maximum atomic E-state index is 6.09. The molecule has 20 heavy (non-hydrogen) atoms. The third-order valence-corrected chi connectivity index (χ3v) is 3.88. The van der Waals surface area contributed by atoms with Crippen LogP contribution in [0.5, 0.6) is 11.6 Å². The third-order valence-electron chi connectivity index (χ3n) is 3.08. The fourth-order valence-corrected chi connectivity index (χ4v) is 2.29. The van der Waals surface area contributed by atoms with E-state index in [1.54, 1.807) is 6.07 Å². The van der Waals surface area contributed by atoms with E-state index in [9.17, 15) is 0 Å². The molecule has 1 fully saturated rings. The Labute approximate surface area is 131 Å². The highest BCUT2D eigenvalue weighted by Crippen LogP contribution is 2.31. The van der Waals surface area contributed by atoms with Crippen LogP contribution in [0.4, 0.5) is 0 Å². The molecule has 3 rings (SSSR count). The molecule has 0 amide bonds. The van der Waals surface area contributed by atoms with Gasteiger partial charge in [0.15, 0.2) is 0 Å². The molecule has 2 aromatic rings. The van der Waals surface area contributed by atoms with Gasteiger partial charge in [-0.3, -0.25) is 0 Å². The van der Waals surface area contributed by atoms with E-state index in [-0.39, 0.29) is 0 Å². The standard InChI is InChI=1S/C15H14BrClN2O/c16-11-2-5-13(17)14(7-11)20-15-6-1-10(9-19-15)8-18-12-3-4-12/h1-2,5-7,9,12,18H,3-4,8H2. The van der Waals surface area contributed by atoms with Crippen LogP contribution in [0.15, 0.2) is 41.0 Å². The summed E-state index contributed by atoms with van der Waals surface area (Å²) in [6.45, 7) is 0.857. The number of halogens is 2. The van der Waals surface area contributed by atoms with Crippen molar-refractivity contribution in [2.24, 2.45) is 0 Å². The largest absolute Gasteiger partial charge is 0.437 e. The summed E-state index contributed by atoms with van der Waals surface area (Å²) in [5.41, 5.74) is 1.16. The van der Waals surface area contributed by atoms with E-state index in [2.05, 4.69) is 26.2 Å². The second-order valence-electron chi connectivity index (χ2n) is 4.84. The molecule has 1 saturated carbocycles. The summed E-state index contributed by atoms with van der Waals surface area (Å²) >= 11 is 9.48. The number of ether oxygens (including phenoxy) is 1. The van der Waals surface area contributed by atoms with Crippen molar-refractivity contribution in [1.29, 1.82) is 0 Å².